The lowest BCUT2D eigenvalue weighted by Crippen LogP contribution is -2.08. The van der Waals surface area contributed by atoms with Crippen molar-refractivity contribution < 1.29 is 19.4 Å². The van der Waals surface area contributed by atoms with Gasteiger partial charge in [-0.3, -0.25) is 4.40 Å². The highest BCUT2D eigenvalue weighted by molar-refractivity contribution is 5.88. The number of carbonyl (C=O) groups is 1. The largest absolute Gasteiger partial charge is 0.461 e. The molecule has 2 rings (SSSR count). The van der Waals surface area contributed by atoms with Crippen LogP contribution in [0.1, 0.15) is 23.0 Å². The highest BCUT2D eigenvalue weighted by Gasteiger charge is 2.12. The van der Waals surface area contributed by atoms with Gasteiger partial charge in [-0.2, -0.15) is 0 Å². The van der Waals surface area contributed by atoms with Crippen LogP contribution in [0.3, 0.4) is 0 Å². The summed E-state index contributed by atoms with van der Waals surface area (Å²) in [4.78, 5) is 15.9. The minimum Gasteiger partial charge on any atom is -0.461 e. The Morgan fingerprint density at radius 3 is 3.05 bits per heavy atom. The Bertz CT molecular complexity index is 580. The maximum Gasteiger partial charge on any atom is 0.356 e. The topological polar surface area (TPSA) is 73.1 Å². The molecule has 0 saturated heterocycles. The molecule has 0 bridgehead atoms. The van der Waals surface area contributed by atoms with Gasteiger partial charge in [0.15, 0.2) is 5.69 Å². The maximum atomic E-state index is 11.7. The highest BCUT2D eigenvalue weighted by Crippen LogP contribution is 2.11. The monoisotopic (exact) mass is 278 g/mol. The highest BCUT2D eigenvalue weighted by atomic mass is 16.5. The Labute approximate surface area is 117 Å². The normalized spacial score (nSPS) is 10.9. The molecule has 2 aromatic rings. The third-order valence-electron chi connectivity index (χ3n) is 2.83. The number of carbonyl (C=O) groups excluding carboxylic acids is 1. The molecule has 20 heavy (non-hydrogen) atoms. The standard InChI is InChI=1S/C14H18N2O4/c1-2-20-14(18)12-10-15-13-9-11(3-5-16(12)13)4-7-19-8-6-17/h3,5,9-10,17H,2,4,6-8H2,1H3. The molecule has 6 heteroatoms. The van der Waals surface area contributed by atoms with Crippen LogP contribution in [0, 0.1) is 0 Å². The lowest BCUT2D eigenvalue weighted by Gasteiger charge is -2.05. The molecule has 0 aromatic carbocycles. The number of ether oxygens (including phenoxy) is 2. The van der Waals surface area contributed by atoms with Crippen LogP contribution < -0.4 is 0 Å². The van der Waals surface area contributed by atoms with Gasteiger partial charge in [-0.05, 0) is 31.0 Å². The molecule has 0 atom stereocenters. The minimum absolute atomic E-state index is 0.0300. The molecular formula is C14H18N2O4. The Morgan fingerprint density at radius 1 is 1.45 bits per heavy atom. The zero-order chi connectivity index (χ0) is 14.4. The molecule has 0 radical (unpaired) electrons. The summed E-state index contributed by atoms with van der Waals surface area (Å²) in [5.41, 5.74) is 2.19. The van der Waals surface area contributed by atoms with Crippen molar-refractivity contribution in [2.24, 2.45) is 0 Å². The molecule has 0 amide bonds. The number of hydrogen-bond acceptors (Lipinski definition) is 5. The predicted molar refractivity (Wildman–Crippen MR) is 72.8 cm³/mol. The first-order valence-corrected chi connectivity index (χ1v) is 6.58. The fraction of sp³-hybridized carbons (Fsp3) is 0.429. The molecular weight excluding hydrogens is 260 g/mol. The van der Waals surface area contributed by atoms with Crippen LogP contribution in [0.5, 0.6) is 0 Å². The smallest absolute Gasteiger partial charge is 0.356 e. The summed E-state index contributed by atoms with van der Waals surface area (Å²) in [6.45, 7) is 3.03. The first-order chi connectivity index (χ1) is 9.76. The zero-order valence-electron chi connectivity index (χ0n) is 11.4. The van der Waals surface area contributed by atoms with Crippen LogP contribution in [0.25, 0.3) is 5.65 Å². The number of esters is 1. The second kappa shape index (κ2) is 7.02. The SMILES string of the molecule is CCOC(=O)c1cnc2cc(CCOCCO)ccn12. The van der Waals surface area contributed by atoms with Crippen LogP contribution in [0.2, 0.25) is 0 Å². The van der Waals surface area contributed by atoms with Crippen LogP contribution in [0.4, 0.5) is 0 Å². The maximum absolute atomic E-state index is 11.7. The molecule has 6 nitrogen and oxygen atoms in total. The van der Waals surface area contributed by atoms with Gasteiger partial charge >= 0.3 is 5.97 Å². The second-order valence-corrected chi connectivity index (χ2v) is 4.21. The summed E-state index contributed by atoms with van der Waals surface area (Å²) in [6.07, 6.45) is 4.05. The average Bonchev–Trinajstić information content (AvgIpc) is 2.87. The van der Waals surface area contributed by atoms with Gasteiger partial charge in [0, 0.05) is 6.20 Å². The van der Waals surface area contributed by atoms with E-state index in [2.05, 4.69) is 4.98 Å². The van der Waals surface area contributed by atoms with Crippen molar-refractivity contribution in [3.63, 3.8) is 0 Å². The lowest BCUT2D eigenvalue weighted by atomic mass is 10.2. The van der Waals surface area contributed by atoms with Crippen molar-refractivity contribution in [3.8, 4) is 0 Å². The van der Waals surface area contributed by atoms with Crippen LogP contribution in [-0.2, 0) is 15.9 Å². The van der Waals surface area contributed by atoms with Gasteiger partial charge in [0.25, 0.3) is 0 Å². The lowest BCUT2D eigenvalue weighted by molar-refractivity contribution is 0.0518. The third-order valence-corrected chi connectivity index (χ3v) is 2.83. The summed E-state index contributed by atoms with van der Waals surface area (Å²) < 4.78 is 11.9. The number of rotatable bonds is 7. The average molecular weight is 278 g/mol. The molecule has 0 aliphatic rings. The van der Waals surface area contributed by atoms with Crippen molar-refractivity contribution in [1.82, 2.24) is 9.38 Å². The van der Waals surface area contributed by atoms with Crippen molar-refractivity contribution in [2.45, 2.75) is 13.3 Å². The molecule has 2 heterocycles. The number of nitrogens with zero attached hydrogens (tertiary/aromatic N) is 2. The Balaban J connectivity index is 2.09. The van der Waals surface area contributed by atoms with E-state index in [1.165, 1.54) is 6.20 Å². The van der Waals surface area contributed by atoms with E-state index in [0.29, 0.717) is 31.2 Å². The Hall–Kier alpha value is -1.92. The van der Waals surface area contributed by atoms with Crippen LogP contribution >= 0.6 is 0 Å². The van der Waals surface area contributed by atoms with Gasteiger partial charge in [0.1, 0.15) is 5.65 Å². The van der Waals surface area contributed by atoms with Gasteiger partial charge in [-0.1, -0.05) is 0 Å². The van der Waals surface area contributed by atoms with Gasteiger partial charge in [0.05, 0.1) is 32.6 Å². The van der Waals surface area contributed by atoms with E-state index in [1.807, 2.05) is 12.1 Å². The molecule has 0 spiro atoms. The number of pyridine rings is 1. The molecule has 2 aromatic heterocycles. The number of aliphatic hydroxyl groups excluding tert-OH is 1. The zero-order valence-corrected chi connectivity index (χ0v) is 11.4. The number of aromatic nitrogens is 2. The first kappa shape index (κ1) is 14.5. The summed E-state index contributed by atoms with van der Waals surface area (Å²) in [6, 6.07) is 3.82. The summed E-state index contributed by atoms with van der Waals surface area (Å²) in [5.74, 6) is -0.376. The van der Waals surface area contributed by atoms with Gasteiger partial charge in [-0.25, -0.2) is 9.78 Å². The van der Waals surface area contributed by atoms with Crippen molar-refractivity contribution in [3.05, 3.63) is 35.8 Å². The number of hydrogen-bond donors (Lipinski definition) is 1. The summed E-state index contributed by atoms with van der Waals surface area (Å²) in [5, 5.41) is 8.62. The first-order valence-electron chi connectivity index (χ1n) is 6.58. The van der Waals surface area contributed by atoms with E-state index in [-0.39, 0.29) is 12.6 Å². The number of aliphatic hydroxyl groups is 1. The number of fused-ring (bicyclic) bond motifs is 1. The molecule has 0 aliphatic heterocycles. The summed E-state index contributed by atoms with van der Waals surface area (Å²) in [7, 11) is 0. The second-order valence-electron chi connectivity index (χ2n) is 4.21. The molecule has 108 valence electrons. The molecule has 0 unspecified atom stereocenters. The molecule has 1 N–H and O–H groups in total. The van der Waals surface area contributed by atoms with E-state index >= 15 is 0 Å². The Morgan fingerprint density at radius 2 is 2.30 bits per heavy atom. The minimum atomic E-state index is -0.376. The summed E-state index contributed by atoms with van der Waals surface area (Å²) >= 11 is 0. The molecule has 0 saturated carbocycles. The quantitative estimate of drug-likeness (QED) is 0.605. The van der Waals surface area contributed by atoms with Gasteiger partial charge < -0.3 is 14.6 Å². The van der Waals surface area contributed by atoms with Gasteiger partial charge in [-0.15, -0.1) is 0 Å². The fourth-order valence-corrected chi connectivity index (χ4v) is 1.89. The van der Waals surface area contributed by atoms with Crippen molar-refractivity contribution >= 4 is 11.6 Å². The number of imidazole rings is 1. The van der Waals surface area contributed by atoms with E-state index in [4.69, 9.17) is 14.6 Å². The van der Waals surface area contributed by atoms with E-state index in [1.54, 1.807) is 17.5 Å². The third kappa shape index (κ3) is 3.34. The predicted octanol–water partition coefficient (Wildman–Crippen LogP) is 1.06. The van der Waals surface area contributed by atoms with E-state index in [9.17, 15) is 4.79 Å². The van der Waals surface area contributed by atoms with Crippen LogP contribution in [0.15, 0.2) is 24.5 Å². The molecule has 0 aliphatic carbocycles. The van der Waals surface area contributed by atoms with Gasteiger partial charge in [0.2, 0.25) is 0 Å². The van der Waals surface area contributed by atoms with Crippen molar-refractivity contribution in [1.29, 1.82) is 0 Å². The Kier molecular flexibility index (Phi) is 5.09. The van der Waals surface area contributed by atoms with E-state index < -0.39 is 0 Å². The van der Waals surface area contributed by atoms with E-state index in [0.717, 1.165) is 12.0 Å². The molecule has 0 fully saturated rings. The van der Waals surface area contributed by atoms with Crippen LogP contribution in [-0.4, -0.2) is 46.9 Å². The fourth-order valence-electron chi connectivity index (χ4n) is 1.89. The van der Waals surface area contributed by atoms with Crippen molar-refractivity contribution in [2.75, 3.05) is 26.4 Å².